The van der Waals surface area contributed by atoms with Gasteiger partial charge in [0.05, 0.1) is 11.8 Å². The lowest BCUT2D eigenvalue weighted by molar-refractivity contribution is -0.138. The molecule has 1 rings (SSSR count). The maximum absolute atomic E-state index is 11.8. The number of hydrogen-bond acceptors (Lipinski definition) is 1. The zero-order valence-electron chi connectivity index (χ0n) is 4.90. The second-order valence-corrected chi connectivity index (χ2v) is 1.81. The summed E-state index contributed by atoms with van der Waals surface area (Å²) in [6, 6.07) is 0. The predicted molar refractivity (Wildman–Crippen MR) is 28.2 cm³/mol. The summed E-state index contributed by atoms with van der Waals surface area (Å²) in [7, 11) is 0. The van der Waals surface area contributed by atoms with Crippen molar-refractivity contribution in [1.82, 2.24) is 0 Å². The molecule has 1 nitrogen and oxygen atoms in total. The van der Waals surface area contributed by atoms with Crippen molar-refractivity contribution in [2.75, 3.05) is 0 Å². The lowest BCUT2D eigenvalue weighted by Gasteiger charge is -2.01. The second-order valence-electron chi connectivity index (χ2n) is 1.81. The molecule has 0 atom stereocenters. The summed E-state index contributed by atoms with van der Waals surface area (Å²) in [5, 5.41) is 0. The monoisotopic (exact) mass is 149 g/mol. The van der Waals surface area contributed by atoms with E-state index in [0.29, 0.717) is 6.26 Å². The molecule has 1 radical (unpaired) electrons. The summed E-state index contributed by atoms with van der Waals surface area (Å²) < 4.78 is 39.6. The summed E-state index contributed by atoms with van der Waals surface area (Å²) in [5.74, 6) is 0. The third kappa shape index (κ3) is 1.15. The summed E-state index contributed by atoms with van der Waals surface area (Å²) in [6.45, 7) is 3.13. The molecule has 0 unspecified atom stereocenters. The molecule has 4 heteroatoms. The number of furan rings is 1. The smallest absolute Gasteiger partial charge is 0.419 e. The average molecular weight is 149 g/mol. The molecular formula is C6H4F3O. The van der Waals surface area contributed by atoms with E-state index in [-0.39, 0.29) is 5.56 Å². The summed E-state index contributed by atoms with van der Waals surface area (Å²) >= 11 is 0. The first-order valence-electron chi connectivity index (χ1n) is 2.47. The van der Waals surface area contributed by atoms with E-state index in [1.165, 1.54) is 0 Å². The van der Waals surface area contributed by atoms with Crippen molar-refractivity contribution < 1.29 is 17.6 Å². The first-order valence-corrected chi connectivity index (χ1v) is 2.47. The molecule has 1 aromatic rings. The van der Waals surface area contributed by atoms with Crippen molar-refractivity contribution in [1.29, 1.82) is 0 Å². The van der Waals surface area contributed by atoms with Crippen LogP contribution in [-0.4, -0.2) is 0 Å². The molecule has 0 saturated carbocycles. The summed E-state index contributed by atoms with van der Waals surface area (Å²) in [5.41, 5.74) is -0.944. The van der Waals surface area contributed by atoms with Crippen LogP contribution in [0.5, 0.6) is 0 Å². The Bertz CT molecular complexity index is 223. The highest BCUT2D eigenvalue weighted by molar-refractivity contribution is 5.26. The van der Waals surface area contributed by atoms with Crippen LogP contribution in [0, 0.1) is 6.92 Å². The Morgan fingerprint density at radius 3 is 2.10 bits per heavy atom. The third-order valence-electron chi connectivity index (χ3n) is 1.05. The van der Waals surface area contributed by atoms with Gasteiger partial charge in [-0.15, -0.1) is 0 Å². The Morgan fingerprint density at radius 1 is 1.30 bits per heavy atom. The van der Waals surface area contributed by atoms with Gasteiger partial charge in [-0.1, -0.05) is 0 Å². The fourth-order valence-corrected chi connectivity index (χ4v) is 0.572. The highest BCUT2D eigenvalue weighted by atomic mass is 19.4. The number of halogens is 3. The van der Waals surface area contributed by atoms with E-state index in [2.05, 4.69) is 11.3 Å². The minimum Gasteiger partial charge on any atom is -0.472 e. The van der Waals surface area contributed by atoms with Gasteiger partial charge in [0.15, 0.2) is 0 Å². The molecule has 0 amide bonds. The van der Waals surface area contributed by atoms with E-state index < -0.39 is 11.7 Å². The Balaban J connectivity index is 3.05. The van der Waals surface area contributed by atoms with Gasteiger partial charge in [-0.2, -0.15) is 13.2 Å². The molecule has 1 heterocycles. The van der Waals surface area contributed by atoms with E-state index in [9.17, 15) is 13.2 Å². The van der Waals surface area contributed by atoms with E-state index >= 15 is 0 Å². The van der Waals surface area contributed by atoms with Crippen molar-refractivity contribution in [3.63, 3.8) is 0 Å². The molecule has 10 heavy (non-hydrogen) atoms. The molecule has 55 valence electrons. The zero-order valence-corrected chi connectivity index (χ0v) is 4.90. The van der Waals surface area contributed by atoms with Gasteiger partial charge in [-0.3, -0.25) is 0 Å². The molecule has 0 aliphatic carbocycles. The van der Waals surface area contributed by atoms with E-state index in [4.69, 9.17) is 0 Å². The normalized spacial score (nSPS) is 12.0. The van der Waals surface area contributed by atoms with Crippen molar-refractivity contribution >= 4 is 0 Å². The Morgan fingerprint density at radius 2 is 1.90 bits per heavy atom. The van der Waals surface area contributed by atoms with Crippen LogP contribution in [0.25, 0.3) is 0 Å². The van der Waals surface area contributed by atoms with E-state index in [0.717, 1.165) is 6.26 Å². The first kappa shape index (κ1) is 7.18. The summed E-state index contributed by atoms with van der Waals surface area (Å²) in [4.78, 5) is 0. The van der Waals surface area contributed by atoms with Gasteiger partial charge in [-0.25, -0.2) is 0 Å². The second kappa shape index (κ2) is 2.04. The maximum Gasteiger partial charge on any atom is 0.419 e. The van der Waals surface area contributed by atoms with Crippen LogP contribution >= 0.6 is 0 Å². The topological polar surface area (TPSA) is 13.1 Å². The van der Waals surface area contributed by atoms with Crippen LogP contribution in [0.2, 0.25) is 0 Å². The van der Waals surface area contributed by atoms with Gasteiger partial charge in [-0.05, 0) is 6.92 Å². The Labute approximate surface area is 55.5 Å². The number of hydrogen-bond donors (Lipinski definition) is 0. The van der Waals surface area contributed by atoms with Gasteiger partial charge in [0, 0.05) is 5.56 Å². The molecular weight excluding hydrogens is 145 g/mol. The number of rotatable bonds is 0. The molecule has 0 fully saturated rings. The van der Waals surface area contributed by atoms with Gasteiger partial charge in [0.2, 0.25) is 0 Å². The highest BCUT2D eigenvalue weighted by Crippen LogP contribution is 2.31. The van der Waals surface area contributed by atoms with Crippen LogP contribution in [0.4, 0.5) is 13.2 Å². The minimum atomic E-state index is -4.34. The maximum atomic E-state index is 11.8. The quantitative estimate of drug-likeness (QED) is 0.552. The minimum absolute atomic E-state index is 0.132. The van der Waals surface area contributed by atoms with Crippen LogP contribution in [0.15, 0.2) is 16.9 Å². The molecule has 0 N–H and O–H groups in total. The predicted octanol–water partition coefficient (Wildman–Crippen LogP) is 2.48. The lowest BCUT2D eigenvalue weighted by atomic mass is 10.2. The SMILES string of the molecule is [CH2]c1cocc1C(F)(F)F. The Hall–Kier alpha value is -0.930. The van der Waals surface area contributed by atoms with Crippen molar-refractivity contribution in [2.45, 2.75) is 6.18 Å². The molecule has 0 aromatic carbocycles. The third-order valence-corrected chi connectivity index (χ3v) is 1.05. The van der Waals surface area contributed by atoms with Crippen molar-refractivity contribution in [3.05, 3.63) is 30.6 Å². The van der Waals surface area contributed by atoms with Crippen LogP contribution in [0.1, 0.15) is 11.1 Å². The van der Waals surface area contributed by atoms with E-state index in [1.54, 1.807) is 0 Å². The van der Waals surface area contributed by atoms with Crippen molar-refractivity contribution in [3.8, 4) is 0 Å². The fourth-order valence-electron chi connectivity index (χ4n) is 0.572. The van der Waals surface area contributed by atoms with Crippen LogP contribution in [0.3, 0.4) is 0 Å². The Kier molecular flexibility index (Phi) is 1.46. The molecule has 0 aliphatic rings. The largest absolute Gasteiger partial charge is 0.472 e. The van der Waals surface area contributed by atoms with Gasteiger partial charge in [0.25, 0.3) is 0 Å². The standard InChI is InChI=1S/C6H4F3O/c1-4-2-10-3-5(4)6(7,8)9/h2-3H,1H2. The molecule has 0 spiro atoms. The molecule has 0 aliphatic heterocycles. The van der Waals surface area contributed by atoms with Gasteiger partial charge < -0.3 is 4.42 Å². The van der Waals surface area contributed by atoms with Crippen molar-refractivity contribution in [2.24, 2.45) is 0 Å². The van der Waals surface area contributed by atoms with Gasteiger partial charge >= 0.3 is 6.18 Å². The zero-order chi connectivity index (χ0) is 7.78. The van der Waals surface area contributed by atoms with Crippen LogP contribution < -0.4 is 0 Å². The molecule has 0 bridgehead atoms. The van der Waals surface area contributed by atoms with Crippen LogP contribution in [-0.2, 0) is 6.18 Å². The lowest BCUT2D eigenvalue weighted by Crippen LogP contribution is -2.04. The molecule has 1 aromatic heterocycles. The first-order chi connectivity index (χ1) is 4.52. The highest BCUT2D eigenvalue weighted by Gasteiger charge is 2.33. The molecule has 0 saturated heterocycles. The van der Waals surface area contributed by atoms with E-state index in [1.807, 2.05) is 0 Å². The summed E-state index contributed by atoms with van der Waals surface area (Å²) in [6.07, 6.45) is -2.74. The average Bonchev–Trinajstić information content (AvgIpc) is 2.11. The van der Waals surface area contributed by atoms with Gasteiger partial charge in [0.1, 0.15) is 6.26 Å². The fraction of sp³-hybridized carbons (Fsp3) is 0.167. The number of alkyl halides is 3.